The van der Waals surface area contributed by atoms with Crippen LogP contribution in [0.4, 0.5) is 0 Å². The zero-order chi connectivity index (χ0) is 11.4. The number of carbonyl (C=O) groups excluding carboxylic acids is 2. The summed E-state index contributed by atoms with van der Waals surface area (Å²) in [6, 6.07) is 4.64. The van der Waals surface area contributed by atoms with Gasteiger partial charge in [-0.25, -0.2) is 0 Å². The summed E-state index contributed by atoms with van der Waals surface area (Å²) < 4.78 is 4.92. The molecule has 0 spiro atoms. The van der Waals surface area contributed by atoms with Crippen molar-refractivity contribution in [2.45, 2.75) is 6.92 Å². The molecule has 0 saturated heterocycles. The average Bonchev–Trinajstić information content (AvgIpc) is 2.26. The Hall–Kier alpha value is -2.15. The Kier molecular flexibility index (Phi) is 3.19. The van der Waals surface area contributed by atoms with Gasteiger partial charge in [0.25, 0.3) is 0 Å². The van der Waals surface area contributed by atoms with Gasteiger partial charge in [0.15, 0.2) is 12.1 Å². The normalized spacial score (nSPS) is 9.13. The number of nitriles is 1. The number of carbonyl (C=O) groups is 2. The lowest BCUT2D eigenvalue weighted by Gasteiger charge is -2.06. The molecular weight excluding hydrogens is 194 g/mol. The van der Waals surface area contributed by atoms with Crippen molar-refractivity contribution in [1.82, 2.24) is 0 Å². The Balaban J connectivity index is 3.49. The van der Waals surface area contributed by atoms with Crippen molar-refractivity contribution in [3.05, 3.63) is 28.8 Å². The number of aldehydes is 1. The summed E-state index contributed by atoms with van der Waals surface area (Å²) in [7, 11) is 1.40. The van der Waals surface area contributed by atoms with Crippen LogP contribution in [0, 0.1) is 11.3 Å². The van der Waals surface area contributed by atoms with Gasteiger partial charge in [-0.3, -0.25) is 9.59 Å². The van der Waals surface area contributed by atoms with Crippen molar-refractivity contribution in [2.24, 2.45) is 0 Å². The second-order valence-electron chi connectivity index (χ2n) is 2.93. The second kappa shape index (κ2) is 4.38. The topological polar surface area (TPSA) is 67.2 Å². The van der Waals surface area contributed by atoms with Gasteiger partial charge in [-0.05, 0) is 19.1 Å². The SMILES string of the molecule is COc1cc(C#N)c(C(C)=O)cc1C=O. The van der Waals surface area contributed by atoms with Crippen LogP contribution in [0.25, 0.3) is 0 Å². The molecule has 0 aliphatic heterocycles. The predicted octanol–water partition coefficient (Wildman–Crippen LogP) is 1.58. The van der Waals surface area contributed by atoms with Gasteiger partial charge in [0.1, 0.15) is 11.8 Å². The molecule has 0 aliphatic rings. The van der Waals surface area contributed by atoms with Gasteiger partial charge in [-0.1, -0.05) is 0 Å². The third kappa shape index (κ3) is 2.02. The molecule has 0 heterocycles. The number of ketones is 1. The minimum absolute atomic E-state index is 0.213. The van der Waals surface area contributed by atoms with Gasteiger partial charge < -0.3 is 4.74 Å². The Morgan fingerprint density at radius 2 is 2.20 bits per heavy atom. The van der Waals surface area contributed by atoms with Crippen LogP contribution in [0.3, 0.4) is 0 Å². The molecule has 4 heteroatoms. The molecule has 1 aromatic rings. The van der Waals surface area contributed by atoms with Gasteiger partial charge in [-0.2, -0.15) is 5.26 Å². The van der Waals surface area contributed by atoms with Crippen molar-refractivity contribution in [3.8, 4) is 11.8 Å². The lowest BCUT2D eigenvalue weighted by Crippen LogP contribution is -2.01. The van der Waals surface area contributed by atoms with Crippen LogP contribution in [-0.4, -0.2) is 19.2 Å². The van der Waals surface area contributed by atoms with E-state index in [9.17, 15) is 9.59 Å². The zero-order valence-electron chi connectivity index (χ0n) is 8.40. The fraction of sp³-hybridized carbons (Fsp3) is 0.182. The number of hydrogen-bond donors (Lipinski definition) is 0. The molecular formula is C11H9NO3. The molecule has 0 fully saturated rings. The molecule has 0 N–H and O–H groups in total. The van der Waals surface area contributed by atoms with Gasteiger partial charge >= 0.3 is 0 Å². The first kappa shape index (κ1) is 10.9. The Morgan fingerprint density at radius 1 is 1.53 bits per heavy atom. The van der Waals surface area contributed by atoms with Crippen LogP contribution in [0.1, 0.15) is 33.2 Å². The van der Waals surface area contributed by atoms with Crippen molar-refractivity contribution in [1.29, 1.82) is 5.26 Å². The van der Waals surface area contributed by atoms with Crippen molar-refractivity contribution >= 4 is 12.1 Å². The van der Waals surface area contributed by atoms with Crippen LogP contribution in [-0.2, 0) is 0 Å². The number of methoxy groups -OCH3 is 1. The number of rotatable bonds is 3. The third-order valence-electron chi connectivity index (χ3n) is 2.00. The summed E-state index contributed by atoms with van der Waals surface area (Å²) in [5.41, 5.74) is 0.715. The van der Waals surface area contributed by atoms with E-state index in [1.165, 1.54) is 26.2 Å². The number of hydrogen-bond acceptors (Lipinski definition) is 4. The van der Waals surface area contributed by atoms with Crippen LogP contribution in [0.15, 0.2) is 12.1 Å². The molecule has 1 rings (SSSR count). The van der Waals surface area contributed by atoms with E-state index in [1.54, 1.807) is 0 Å². The molecule has 1 aromatic carbocycles. The molecule has 0 saturated carbocycles. The summed E-state index contributed by atoms with van der Waals surface area (Å²) in [6.07, 6.45) is 0.590. The fourth-order valence-electron chi connectivity index (χ4n) is 1.25. The fourth-order valence-corrected chi connectivity index (χ4v) is 1.25. The summed E-state index contributed by atoms with van der Waals surface area (Å²) in [6.45, 7) is 1.34. The second-order valence-corrected chi connectivity index (χ2v) is 2.93. The maximum absolute atomic E-state index is 11.2. The number of benzene rings is 1. The zero-order valence-corrected chi connectivity index (χ0v) is 8.40. The van der Waals surface area contributed by atoms with Crippen molar-refractivity contribution in [3.63, 3.8) is 0 Å². The molecule has 0 aliphatic carbocycles. The lowest BCUT2D eigenvalue weighted by molar-refractivity contribution is 0.101. The monoisotopic (exact) mass is 203 g/mol. The van der Waals surface area contributed by atoms with E-state index in [1.807, 2.05) is 6.07 Å². The molecule has 0 aromatic heterocycles. The minimum Gasteiger partial charge on any atom is -0.496 e. The van der Waals surface area contributed by atoms with Crippen molar-refractivity contribution in [2.75, 3.05) is 7.11 Å². The Bertz CT molecular complexity index is 458. The first-order valence-electron chi connectivity index (χ1n) is 4.22. The molecule has 76 valence electrons. The maximum atomic E-state index is 11.2. The van der Waals surface area contributed by atoms with Gasteiger partial charge in [0.2, 0.25) is 0 Å². The molecule has 4 nitrogen and oxygen atoms in total. The smallest absolute Gasteiger partial charge is 0.161 e. The first-order chi connectivity index (χ1) is 7.13. The highest BCUT2D eigenvalue weighted by Gasteiger charge is 2.12. The molecule has 0 radical (unpaired) electrons. The number of ether oxygens (including phenoxy) is 1. The van der Waals surface area contributed by atoms with Crippen LogP contribution >= 0.6 is 0 Å². The summed E-state index contributed by atoms with van der Waals surface area (Å²) in [5, 5.41) is 8.80. The van der Waals surface area contributed by atoms with E-state index in [0.717, 1.165) is 0 Å². The van der Waals surface area contributed by atoms with Gasteiger partial charge in [0.05, 0.1) is 18.2 Å². The van der Waals surface area contributed by atoms with E-state index < -0.39 is 0 Å². The van der Waals surface area contributed by atoms with E-state index in [4.69, 9.17) is 10.00 Å². The van der Waals surface area contributed by atoms with Crippen molar-refractivity contribution < 1.29 is 14.3 Å². The summed E-state index contributed by atoms with van der Waals surface area (Å²) in [4.78, 5) is 21.9. The number of nitrogens with zero attached hydrogens (tertiary/aromatic N) is 1. The molecule has 0 unspecified atom stereocenters. The highest BCUT2D eigenvalue weighted by molar-refractivity contribution is 5.98. The Labute approximate surface area is 87.1 Å². The van der Waals surface area contributed by atoms with Gasteiger partial charge in [-0.15, -0.1) is 0 Å². The van der Waals surface area contributed by atoms with E-state index in [0.29, 0.717) is 12.0 Å². The largest absolute Gasteiger partial charge is 0.496 e. The Morgan fingerprint density at radius 3 is 2.60 bits per heavy atom. The van der Waals surface area contributed by atoms with E-state index >= 15 is 0 Å². The van der Waals surface area contributed by atoms with Crippen LogP contribution in [0.2, 0.25) is 0 Å². The minimum atomic E-state index is -0.252. The highest BCUT2D eigenvalue weighted by Crippen LogP contribution is 2.22. The van der Waals surface area contributed by atoms with Gasteiger partial charge in [0, 0.05) is 5.56 Å². The molecule has 0 atom stereocenters. The molecule has 0 bridgehead atoms. The molecule has 0 amide bonds. The number of Topliss-reactive ketones (excluding diaryl/α,β-unsaturated/α-hetero) is 1. The third-order valence-corrected chi connectivity index (χ3v) is 2.00. The van der Waals surface area contributed by atoms with E-state index in [2.05, 4.69) is 0 Å². The first-order valence-corrected chi connectivity index (χ1v) is 4.22. The molecule has 15 heavy (non-hydrogen) atoms. The lowest BCUT2D eigenvalue weighted by atomic mass is 10.0. The standard InChI is InChI=1S/C11H9NO3/c1-7(14)10-3-9(6-13)11(15-2)4-8(10)5-12/h3-4,6H,1-2H3. The predicted molar refractivity (Wildman–Crippen MR) is 53.1 cm³/mol. The average molecular weight is 203 g/mol. The van der Waals surface area contributed by atoms with Crippen LogP contribution in [0.5, 0.6) is 5.75 Å². The maximum Gasteiger partial charge on any atom is 0.161 e. The van der Waals surface area contributed by atoms with Crippen LogP contribution < -0.4 is 4.74 Å². The summed E-state index contributed by atoms with van der Waals surface area (Å²) in [5.74, 6) is 0.0452. The van der Waals surface area contributed by atoms with E-state index in [-0.39, 0.29) is 22.5 Å². The quantitative estimate of drug-likeness (QED) is 0.552. The highest BCUT2D eigenvalue weighted by atomic mass is 16.5. The summed E-state index contributed by atoms with van der Waals surface area (Å²) >= 11 is 0.